The van der Waals surface area contributed by atoms with Crippen LogP contribution in [-0.2, 0) is 0 Å². The normalized spacial score (nSPS) is 10.4. The predicted molar refractivity (Wildman–Crippen MR) is 76.0 cm³/mol. The van der Waals surface area contributed by atoms with Gasteiger partial charge in [0, 0.05) is 23.9 Å². The summed E-state index contributed by atoms with van der Waals surface area (Å²) in [4.78, 5) is 21.8. The molecule has 0 radical (unpaired) electrons. The van der Waals surface area contributed by atoms with Gasteiger partial charge in [-0.15, -0.1) is 0 Å². The van der Waals surface area contributed by atoms with E-state index >= 15 is 0 Å². The highest BCUT2D eigenvalue weighted by Gasteiger charge is 2.07. The molecule has 2 rings (SSSR count). The number of rotatable bonds is 4. The predicted octanol–water partition coefficient (Wildman–Crippen LogP) is 3.00. The van der Waals surface area contributed by atoms with Crippen LogP contribution in [0.15, 0.2) is 60.8 Å². The molecule has 2 aromatic carbocycles. The Balaban J connectivity index is 1.98. The Morgan fingerprint density at radius 3 is 2.30 bits per heavy atom. The van der Waals surface area contributed by atoms with Crippen molar-refractivity contribution in [3.63, 3.8) is 0 Å². The van der Waals surface area contributed by atoms with Gasteiger partial charge in [-0.2, -0.15) is 0 Å². The number of nitro benzene ring substituents is 1. The van der Waals surface area contributed by atoms with E-state index in [1.165, 1.54) is 24.3 Å². The van der Waals surface area contributed by atoms with Crippen molar-refractivity contribution in [3.05, 3.63) is 82.0 Å². The molecule has 5 nitrogen and oxygen atoms in total. The fourth-order valence-electron chi connectivity index (χ4n) is 1.60. The fraction of sp³-hybridized carbons (Fsp3) is 0. The lowest BCUT2D eigenvalue weighted by atomic mass is 10.2. The Labute approximate surface area is 115 Å². The van der Waals surface area contributed by atoms with Gasteiger partial charge >= 0.3 is 0 Å². The van der Waals surface area contributed by atoms with Gasteiger partial charge in [-0.3, -0.25) is 14.9 Å². The zero-order valence-corrected chi connectivity index (χ0v) is 10.5. The molecule has 20 heavy (non-hydrogen) atoms. The molecule has 0 aromatic heterocycles. The van der Waals surface area contributed by atoms with E-state index in [1.54, 1.807) is 12.3 Å². The molecule has 100 valence electrons. The molecule has 0 fully saturated rings. The quantitative estimate of drug-likeness (QED) is 0.684. The minimum absolute atomic E-state index is 0.0404. The molecular formula is C15H12N2O3. The number of carbonyl (C=O) groups excluding carboxylic acids is 1. The number of carbonyl (C=O) groups is 1. The zero-order valence-electron chi connectivity index (χ0n) is 10.5. The van der Waals surface area contributed by atoms with Crippen LogP contribution in [0.4, 0.5) is 5.69 Å². The highest BCUT2D eigenvalue weighted by molar-refractivity contribution is 5.95. The van der Waals surface area contributed by atoms with E-state index in [4.69, 9.17) is 0 Å². The molecular weight excluding hydrogens is 256 g/mol. The van der Waals surface area contributed by atoms with Gasteiger partial charge in [-0.25, -0.2) is 0 Å². The van der Waals surface area contributed by atoms with Gasteiger partial charge in [0.15, 0.2) is 0 Å². The highest BCUT2D eigenvalue weighted by Crippen LogP contribution is 2.11. The van der Waals surface area contributed by atoms with Crippen LogP contribution < -0.4 is 5.32 Å². The Kier molecular flexibility index (Phi) is 4.24. The smallest absolute Gasteiger partial charge is 0.269 e. The van der Waals surface area contributed by atoms with Gasteiger partial charge in [0.2, 0.25) is 0 Å². The summed E-state index contributed by atoms with van der Waals surface area (Å²) in [5.41, 5.74) is 1.30. The summed E-state index contributed by atoms with van der Waals surface area (Å²) < 4.78 is 0. The molecule has 0 aliphatic heterocycles. The Morgan fingerprint density at radius 2 is 1.70 bits per heavy atom. The average Bonchev–Trinajstić information content (AvgIpc) is 2.48. The van der Waals surface area contributed by atoms with Gasteiger partial charge in [0.05, 0.1) is 4.92 Å². The van der Waals surface area contributed by atoms with Gasteiger partial charge < -0.3 is 5.32 Å². The van der Waals surface area contributed by atoms with Crippen LogP contribution in [-0.4, -0.2) is 10.8 Å². The van der Waals surface area contributed by atoms with E-state index in [0.717, 1.165) is 5.56 Å². The van der Waals surface area contributed by atoms with Crippen LogP contribution >= 0.6 is 0 Å². The Hall–Kier alpha value is -2.95. The molecule has 0 aliphatic rings. The summed E-state index contributed by atoms with van der Waals surface area (Å²) in [5, 5.41) is 13.1. The largest absolute Gasteiger partial charge is 0.329 e. The van der Waals surface area contributed by atoms with Crippen LogP contribution in [0, 0.1) is 10.1 Å². The number of amides is 1. The number of non-ortho nitro benzene ring substituents is 1. The van der Waals surface area contributed by atoms with Crippen molar-refractivity contribution >= 4 is 17.7 Å². The van der Waals surface area contributed by atoms with Crippen molar-refractivity contribution in [2.24, 2.45) is 0 Å². The van der Waals surface area contributed by atoms with E-state index < -0.39 is 4.92 Å². The third kappa shape index (κ3) is 3.52. The van der Waals surface area contributed by atoms with E-state index in [0.29, 0.717) is 5.56 Å². The molecule has 1 N–H and O–H groups in total. The lowest BCUT2D eigenvalue weighted by Gasteiger charge is -2.00. The fourth-order valence-corrected chi connectivity index (χ4v) is 1.60. The maximum Gasteiger partial charge on any atom is 0.269 e. The summed E-state index contributed by atoms with van der Waals surface area (Å²) in [7, 11) is 0. The summed E-state index contributed by atoms with van der Waals surface area (Å²) in [6.07, 6.45) is 3.31. The number of nitro groups is 1. The number of hydrogen-bond donors (Lipinski definition) is 1. The number of nitrogens with zero attached hydrogens (tertiary/aromatic N) is 1. The van der Waals surface area contributed by atoms with Crippen molar-refractivity contribution in [3.8, 4) is 0 Å². The van der Waals surface area contributed by atoms with Gasteiger partial charge in [0.25, 0.3) is 11.6 Å². The SMILES string of the molecule is O=C(N/C=C/c1ccccc1)c1ccc([N+](=O)[O-])cc1. The topological polar surface area (TPSA) is 72.2 Å². The molecule has 0 saturated heterocycles. The first-order chi connectivity index (χ1) is 9.66. The van der Waals surface area contributed by atoms with Crippen LogP contribution in [0.25, 0.3) is 6.08 Å². The maximum absolute atomic E-state index is 11.8. The van der Waals surface area contributed by atoms with Gasteiger partial charge in [-0.1, -0.05) is 30.3 Å². The molecule has 0 bridgehead atoms. The van der Waals surface area contributed by atoms with Crippen LogP contribution in [0.5, 0.6) is 0 Å². The summed E-state index contributed by atoms with van der Waals surface area (Å²) >= 11 is 0. The first-order valence-corrected chi connectivity index (χ1v) is 5.94. The van der Waals surface area contributed by atoms with Crippen molar-refractivity contribution in [2.45, 2.75) is 0 Å². The number of hydrogen-bond acceptors (Lipinski definition) is 3. The van der Waals surface area contributed by atoms with Crippen molar-refractivity contribution in [2.75, 3.05) is 0 Å². The molecule has 0 spiro atoms. The molecule has 2 aromatic rings. The minimum atomic E-state index is -0.503. The van der Waals surface area contributed by atoms with Crippen LogP contribution in [0.3, 0.4) is 0 Å². The summed E-state index contributed by atoms with van der Waals surface area (Å²) in [6.45, 7) is 0. The van der Waals surface area contributed by atoms with Gasteiger partial charge in [-0.05, 0) is 23.8 Å². The number of nitrogens with one attached hydrogen (secondary N) is 1. The molecule has 5 heteroatoms. The first kappa shape index (κ1) is 13.5. The average molecular weight is 268 g/mol. The second-order valence-corrected chi connectivity index (χ2v) is 4.02. The molecule has 0 saturated carbocycles. The standard InChI is InChI=1S/C15H12N2O3/c18-15(13-6-8-14(9-7-13)17(19)20)16-11-10-12-4-2-1-3-5-12/h1-11H,(H,16,18)/b11-10+. The van der Waals surface area contributed by atoms with Gasteiger partial charge in [0.1, 0.15) is 0 Å². The third-order valence-electron chi connectivity index (χ3n) is 2.63. The lowest BCUT2D eigenvalue weighted by Crippen LogP contribution is -2.16. The van der Waals surface area contributed by atoms with E-state index in [1.807, 2.05) is 30.3 Å². The van der Waals surface area contributed by atoms with E-state index in [2.05, 4.69) is 5.32 Å². The molecule has 1 amide bonds. The van der Waals surface area contributed by atoms with Crippen molar-refractivity contribution < 1.29 is 9.72 Å². The van der Waals surface area contributed by atoms with Crippen molar-refractivity contribution in [1.29, 1.82) is 0 Å². The van der Waals surface area contributed by atoms with Crippen LogP contribution in [0.2, 0.25) is 0 Å². The van der Waals surface area contributed by atoms with E-state index in [9.17, 15) is 14.9 Å². The summed E-state index contributed by atoms with van der Waals surface area (Å²) in [6, 6.07) is 15.0. The Morgan fingerprint density at radius 1 is 1.05 bits per heavy atom. The highest BCUT2D eigenvalue weighted by atomic mass is 16.6. The third-order valence-corrected chi connectivity index (χ3v) is 2.63. The molecule has 0 aliphatic carbocycles. The molecule has 0 heterocycles. The molecule has 0 unspecified atom stereocenters. The van der Waals surface area contributed by atoms with Crippen molar-refractivity contribution in [1.82, 2.24) is 5.32 Å². The number of benzene rings is 2. The lowest BCUT2D eigenvalue weighted by molar-refractivity contribution is -0.384. The van der Waals surface area contributed by atoms with E-state index in [-0.39, 0.29) is 11.6 Å². The second kappa shape index (κ2) is 6.29. The monoisotopic (exact) mass is 268 g/mol. The summed E-state index contributed by atoms with van der Waals surface area (Å²) in [5.74, 6) is -0.313. The minimum Gasteiger partial charge on any atom is -0.329 e. The Bertz CT molecular complexity index is 634. The van der Waals surface area contributed by atoms with Crippen LogP contribution in [0.1, 0.15) is 15.9 Å². The first-order valence-electron chi connectivity index (χ1n) is 5.94. The zero-order chi connectivity index (χ0) is 14.4. The maximum atomic E-state index is 11.8. The molecule has 0 atom stereocenters. The second-order valence-electron chi connectivity index (χ2n) is 4.02.